The van der Waals surface area contributed by atoms with Gasteiger partial charge in [-0.3, -0.25) is 4.90 Å². The van der Waals surface area contributed by atoms with Crippen LogP contribution in [0.4, 0.5) is 0 Å². The van der Waals surface area contributed by atoms with Crippen LogP contribution in [0.15, 0.2) is 22.6 Å². The molecule has 1 aromatic heterocycles. The molecule has 8 nitrogen and oxygen atoms in total. The fourth-order valence-electron chi connectivity index (χ4n) is 3.14. The smallest absolute Gasteiger partial charge is 0.288 e. The predicted molar refractivity (Wildman–Crippen MR) is 102 cm³/mol. The Morgan fingerprint density at radius 1 is 1.33 bits per heavy atom. The molecule has 0 bridgehead atoms. The second kappa shape index (κ2) is 7.99. The van der Waals surface area contributed by atoms with Gasteiger partial charge in [0.1, 0.15) is 0 Å². The van der Waals surface area contributed by atoms with Gasteiger partial charge < -0.3 is 13.9 Å². The van der Waals surface area contributed by atoms with Gasteiger partial charge in [-0.2, -0.15) is 0 Å². The Bertz CT molecular complexity index is 967. The van der Waals surface area contributed by atoms with Crippen molar-refractivity contribution in [3.05, 3.63) is 34.5 Å². The molecule has 1 fully saturated rings. The van der Waals surface area contributed by atoms with Crippen LogP contribution in [0.25, 0.3) is 0 Å². The van der Waals surface area contributed by atoms with Crippen LogP contribution in [-0.2, 0) is 23.1 Å². The molecule has 3 rings (SSSR count). The monoisotopic (exact) mass is 413 g/mol. The maximum atomic E-state index is 11.7. The number of rotatable bonds is 7. The fraction of sp³-hybridized carbons (Fsp3) is 0.529. The van der Waals surface area contributed by atoms with Gasteiger partial charge in [0.25, 0.3) is 4.84 Å². The quantitative estimate of drug-likeness (QED) is 0.639. The van der Waals surface area contributed by atoms with E-state index in [1.54, 1.807) is 18.9 Å². The Kier molecular flexibility index (Phi) is 5.87. The standard InChI is InChI=1S/C17H23N3O5S2/c1-19(9-12-4-5-14(23-2)15(8-12)24-3)11-20-17(26)25-16(18-20)13-6-7-27(21,22)10-13/h4-5,8,13H,6-7,9-11H2,1-3H3/t13-/m0/s1. The Hall–Kier alpha value is -1.91. The second-order valence-electron chi connectivity index (χ2n) is 6.65. The summed E-state index contributed by atoms with van der Waals surface area (Å²) in [4.78, 5) is 2.27. The van der Waals surface area contributed by atoms with Gasteiger partial charge in [0.05, 0.1) is 38.3 Å². The van der Waals surface area contributed by atoms with Gasteiger partial charge in [0, 0.05) is 6.54 Å². The highest BCUT2D eigenvalue weighted by Gasteiger charge is 2.32. The molecule has 1 atom stereocenters. The average molecular weight is 414 g/mol. The summed E-state index contributed by atoms with van der Waals surface area (Å²) in [6.07, 6.45) is 0.527. The van der Waals surface area contributed by atoms with Crippen LogP contribution in [0.1, 0.15) is 23.8 Å². The zero-order chi connectivity index (χ0) is 19.6. The normalized spacial score (nSPS) is 18.7. The first kappa shape index (κ1) is 19.8. The number of hydrogen-bond donors (Lipinski definition) is 0. The van der Waals surface area contributed by atoms with Gasteiger partial charge >= 0.3 is 0 Å². The van der Waals surface area contributed by atoms with Crippen molar-refractivity contribution in [3.8, 4) is 11.5 Å². The zero-order valence-corrected chi connectivity index (χ0v) is 17.2. The van der Waals surface area contributed by atoms with Gasteiger partial charge in [-0.1, -0.05) is 6.07 Å². The topological polar surface area (TPSA) is 86.8 Å². The van der Waals surface area contributed by atoms with Crippen molar-refractivity contribution < 1.29 is 22.3 Å². The van der Waals surface area contributed by atoms with Crippen LogP contribution in [0, 0.1) is 4.84 Å². The lowest BCUT2D eigenvalue weighted by atomic mass is 10.1. The summed E-state index contributed by atoms with van der Waals surface area (Å²) in [7, 11) is 2.14. The molecular formula is C17H23N3O5S2. The maximum Gasteiger partial charge on any atom is 0.288 e. The molecule has 2 heterocycles. The van der Waals surface area contributed by atoms with E-state index in [-0.39, 0.29) is 22.3 Å². The van der Waals surface area contributed by atoms with E-state index in [0.29, 0.717) is 37.0 Å². The van der Waals surface area contributed by atoms with Crippen LogP contribution in [0.3, 0.4) is 0 Å². The van der Waals surface area contributed by atoms with Crippen LogP contribution in [0.5, 0.6) is 11.5 Å². The predicted octanol–water partition coefficient (Wildman–Crippen LogP) is 2.21. The summed E-state index contributed by atoms with van der Waals surface area (Å²) < 4.78 is 41.0. The largest absolute Gasteiger partial charge is 0.493 e. The van der Waals surface area contributed by atoms with Crippen LogP contribution < -0.4 is 9.47 Å². The number of methoxy groups -OCH3 is 2. The van der Waals surface area contributed by atoms with Crippen molar-refractivity contribution >= 4 is 22.1 Å². The second-order valence-corrected chi connectivity index (χ2v) is 9.23. The van der Waals surface area contributed by atoms with E-state index in [4.69, 9.17) is 26.1 Å². The van der Waals surface area contributed by atoms with Gasteiger partial charge in [-0.15, -0.1) is 5.10 Å². The van der Waals surface area contributed by atoms with E-state index in [0.717, 1.165) is 5.56 Å². The molecule has 0 saturated carbocycles. The van der Waals surface area contributed by atoms with Gasteiger partial charge in [0.15, 0.2) is 21.3 Å². The van der Waals surface area contributed by atoms with Gasteiger partial charge in [0.2, 0.25) is 5.89 Å². The first-order chi connectivity index (χ1) is 12.8. The van der Waals surface area contributed by atoms with E-state index < -0.39 is 9.84 Å². The van der Waals surface area contributed by atoms with E-state index in [9.17, 15) is 8.42 Å². The van der Waals surface area contributed by atoms with Crippen molar-refractivity contribution in [1.82, 2.24) is 14.7 Å². The van der Waals surface area contributed by atoms with E-state index >= 15 is 0 Å². The number of aromatic nitrogens is 2. The molecular weight excluding hydrogens is 390 g/mol. The van der Waals surface area contributed by atoms with Gasteiger partial charge in [-0.25, -0.2) is 13.1 Å². The Balaban J connectivity index is 1.68. The van der Waals surface area contributed by atoms with Crippen molar-refractivity contribution in [2.45, 2.75) is 25.6 Å². The fourth-order valence-corrected chi connectivity index (χ4v) is 5.05. The minimum atomic E-state index is -3.00. The van der Waals surface area contributed by atoms with Crippen molar-refractivity contribution in [2.75, 3.05) is 32.8 Å². The highest BCUT2D eigenvalue weighted by molar-refractivity contribution is 7.91. The molecule has 1 aliphatic heterocycles. The highest BCUT2D eigenvalue weighted by Crippen LogP contribution is 2.29. The third kappa shape index (κ3) is 4.69. The summed E-state index contributed by atoms with van der Waals surface area (Å²) in [5.41, 5.74) is 1.05. The molecule has 148 valence electrons. The van der Waals surface area contributed by atoms with E-state index in [2.05, 4.69) is 5.10 Å². The number of benzene rings is 1. The molecule has 0 amide bonds. The summed E-state index contributed by atoms with van der Waals surface area (Å²) in [5, 5.41) is 4.40. The Morgan fingerprint density at radius 2 is 2.07 bits per heavy atom. The molecule has 10 heteroatoms. The number of nitrogens with zero attached hydrogens (tertiary/aromatic N) is 3. The molecule has 0 unspecified atom stereocenters. The van der Waals surface area contributed by atoms with Crippen molar-refractivity contribution in [2.24, 2.45) is 0 Å². The van der Waals surface area contributed by atoms with Crippen molar-refractivity contribution in [1.29, 1.82) is 0 Å². The Morgan fingerprint density at radius 3 is 2.70 bits per heavy atom. The lowest BCUT2D eigenvalue weighted by molar-refractivity contribution is 0.240. The summed E-state index contributed by atoms with van der Waals surface area (Å²) in [6.45, 7) is 1.07. The van der Waals surface area contributed by atoms with Crippen LogP contribution >= 0.6 is 12.2 Å². The highest BCUT2D eigenvalue weighted by atomic mass is 32.2. The number of hydrogen-bond acceptors (Lipinski definition) is 8. The average Bonchev–Trinajstić information content (AvgIpc) is 3.17. The third-order valence-electron chi connectivity index (χ3n) is 4.48. The van der Waals surface area contributed by atoms with Crippen LogP contribution in [-0.4, -0.2) is 55.9 Å². The lowest BCUT2D eigenvalue weighted by Gasteiger charge is -2.17. The molecule has 1 aliphatic rings. The first-order valence-electron chi connectivity index (χ1n) is 8.49. The minimum Gasteiger partial charge on any atom is -0.493 e. The summed E-state index contributed by atoms with van der Waals surface area (Å²) >= 11 is 5.24. The summed E-state index contributed by atoms with van der Waals surface area (Å²) in [5.74, 6) is 1.79. The summed E-state index contributed by atoms with van der Waals surface area (Å²) in [6, 6.07) is 5.75. The molecule has 1 saturated heterocycles. The molecule has 0 spiro atoms. The molecule has 0 N–H and O–H groups in total. The van der Waals surface area contributed by atoms with Gasteiger partial charge in [-0.05, 0) is 43.4 Å². The number of ether oxygens (including phenoxy) is 2. The Labute approximate surface area is 163 Å². The molecule has 0 aliphatic carbocycles. The number of sulfone groups is 1. The molecule has 2 aromatic rings. The molecule has 27 heavy (non-hydrogen) atoms. The molecule has 0 radical (unpaired) electrons. The van der Waals surface area contributed by atoms with E-state index in [1.165, 1.54) is 0 Å². The maximum absolute atomic E-state index is 11.7. The minimum absolute atomic E-state index is 0.0732. The van der Waals surface area contributed by atoms with Crippen molar-refractivity contribution in [3.63, 3.8) is 0 Å². The molecule has 1 aromatic carbocycles. The SMILES string of the molecule is COc1ccc(CN(C)Cn2nc([C@H]3CCS(=O)(=O)C3)oc2=S)cc1OC. The van der Waals surface area contributed by atoms with E-state index in [1.807, 2.05) is 30.1 Å². The van der Waals surface area contributed by atoms with Crippen LogP contribution in [0.2, 0.25) is 0 Å². The zero-order valence-electron chi connectivity index (χ0n) is 15.5. The first-order valence-corrected chi connectivity index (χ1v) is 10.7. The third-order valence-corrected chi connectivity index (χ3v) is 6.54. The lowest BCUT2D eigenvalue weighted by Crippen LogP contribution is -2.22.